The molecule has 2 bridgehead atoms. The van der Waals surface area contributed by atoms with Crippen LogP contribution in [0.15, 0.2) is 36.4 Å². The molecule has 6 heteroatoms. The van der Waals surface area contributed by atoms with Crippen LogP contribution in [0.5, 0.6) is 5.75 Å². The molecule has 1 aromatic carbocycles. The van der Waals surface area contributed by atoms with E-state index in [1.54, 1.807) is 12.0 Å². The minimum atomic E-state index is -0.123. The van der Waals surface area contributed by atoms with Crippen LogP contribution in [0.3, 0.4) is 0 Å². The molecule has 6 nitrogen and oxygen atoms in total. The fourth-order valence-corrected chi connectivity index (χ4v) is 6.85. The number of hydrogen-bond acceptors (Lipinski definition) is 4. The van der Waals surface area contributed by atoms with Crippen molar-refractivity contribution < 1.29 is 19.1 Å². The van der Waals surface area contributed by atoms with Gasteiger partial charge in [0.1, 0.15) is 5.75 Å². The quantitative estimate of drug-likeness (QED) is 0.599. The first-order valence-electron chi connectivity index (χ1n) is 11.6. The van der Waals surface area contributed by atoms with Crippen molar-refractivity contribution in [1.29, 1.82) is 0 Å². The van der Waals surface area contributed by atoms with Crippen LogP contribution in [0.25, 0.3) is 0 Å². The largest absolute Gasteiger partial charge is 0.497 e. The first-order valence-corrected chi connectivity index (χ1v) is 11.6. The van der Waals surface area contributed by atoms with Crippen molar-refractivity contribution in [3.05, 3.63) is 36.4 Å². The third kappa shape index (κ3) is 2.87. The normalized spacial score (nSPS) is 39.8. The highest BCUT2D eigenvalue weighted by molar-refractivity contribution is 6.06. The van der Waals surface area contributed by atoms with Crippen molar-refractivity contribution in [2.45, 2.75) is 38.1 Å². The second-order valence-corrected chi connectivity index (χ2v) is 9.92. The fraction of sp³-hybridized carbons (Fsp3) is 0.560. The van der Waals surface area contributed by atoms with Crippen LogP contribution in [0.1, 0.15) is 32.1 Å². The Balaban J connectivity index is 1.09. The van der Waals surface area contributed by atoms with Gasteiger partial charge < -0.3 is 10.1 Å². The van der Waals surface area contributed by atoms with Gasteiger partial charge in [0.05, 0.1) is 18.9 Å². The molecular weight excluding hydrogens is 392 g/mol. The summed E-state index contributed by atoms with van der Waals surface area (Å²) in [5, 5.41) is 2.98. The molecule has 6 aliphatic rings. The number of imide groups is 1. The molecule has 0 aromatic heterocycles. The molecular formula is C25H28N2O4. The van der Waals surface area contributed by atoms with Gasteiger partial charge in [-0.25, -0.2) is 0 Å². The van der Waals surface area contributed by atoms with Crippen LogP contribution >= 0.6 is 0 Å². The number of allylic oxidation sites excluding steroid dienone is 2. The minimum absolute atomic E-state index is 0.0127. The number of carbonyl (C=O) groups is 3. The number of nitrogens with one attached hydrogen (secondary N) is 1. The highest BCUT2D eigenvalue weighted by Gasteiger charge is 2.67. The third-order valence-electron chi connectivity index (χ3n) is 8.49. The maximum atomic E-state index is 13.3. The summed E-state index contributed by atoms with van der Waals surface area (Å²) in [5.74, 6) is 2.36. The van der Waals surface area contributed by atoms with Crippen LogP contribution in [-0.4, -0.2) is 35.8 Å². The van der Waals surface area contributed by atoms with Crippen molar-refractivity contribution in [1.82, 2.24) is 4.90 Å². The zero-order chi connectivity index (χ0) is 21.3. The number of anilines is 1. The number of likely N-dealkylation sites (tertiary alicyclic amines) is 1. The number of methoxy groups -OCH3 is 1. The van der Waals surface area contributed by atoms with Gasteiger partial charge in [-0.05, 0) is 80.0 Å². The Morgan fingerprint density at radius 3 is 2.06 bits per heavy atom. The average Bonchev–Trinajstić information content (AvgIpc) is 3.58. The monoisotopic (exact) mass is 420 g/mol. The number of amides is 3. The van der Waals surface area contributed by atoms with E-state index in [0.717, 1.165) is 11.4 Å². The summed E-state index contributed by atoms with van der Waals surface area (Å²) in [7, 11) is 1.61. The van der Waals surface area contributed by atoms with Crippen molar-refractivity contribution in [3.63, 3.8) is 0 Å². The molecule has 0 unspecified atom stereocenters. The summed E-state index contributed by atoms with van der Waals surface area (Å²) in [5.41, 5.74) is 0.753. The molecule has 0 spiro atoms. The molecule has 7 rings (SSSR count). The van der Waals surface area contributed by atoms with E-state index < -0.39 is 0 Å². The third-order valence-corrected chi connectivity index (χ3v) is 8.49. The maximum Gasteiger partial charge on any atom is 0.233 e. The van der Waals surface area contributed by atoms with Crippen LogP contribution in [0.2, 0.25) is 0 Å². The Kier molecular flexibility index (Phi) is 4.27. The summed E-state index contributed by atoms with van der Waals surface area (Å²) in [4.78, 5) is 40.9. The fourth-order valence-electron chi connectivity index (χ4n) is 6.85. The Bertz CT molecular complexity index is 926. The Labute approximate surface area is 182 Å². The lowest BCUT2D eigenvalue weighted by atomic mass is 9.63. The van der Waals surface area contributed by atoms with Crippen molar-refractivity contribution >= 4 is 23.4 Å². The van der Waals surface area contributed by atoms with Crippen LogP contribution in [0.4, 0.5) is 5.69 Å². The average molecular weight is 421 g/mol. The van der Waals surface area contributed by atoms with Gasteiger partial charge in [0.2, 0.25) is 17.7 Å². The summed E-state index contributed by atoms with van der Waals surface area (Å²) in [6.07, 6.45) is 8.46. The maximum absolute atomic E-state index is 13.3. The van der Waals surface area contributed by atoms with E-state index in [-0.39, 0.29) is 53.4 Å². The highest BCUT2D eigenvalue weighted by atomic mass is 16.5. The SMILES string of the molecule is COc1ccc(NC(=O)C2CCC(N3C(=O)[C@@H]4[C@H]5C=C[C@@H]([C@@H]6C[C@H]56)[C@@H]4C3=O)CC2)cc1. The molecule has 1 N–H and O–H groups in total. The van der Waals surface area contributed by atoms with E-state index in [0.29, 0.717) is 37.5 Å². The van der Waals surface area contributed by atoms with Crippen molar-refractivity contribution in [3.8, 4) is 5.75 Å². The summed E-state index contributed by atoms with van der Waals surface area (Å²) < 4.78 is 5.15. The molecule has 31 heavy (non-hydrogen) atoms. The number of ether oxygens (including phenoxy) is 1. The van der Waals surface area contributed by atoms with Crippen molar-refractivity contribution in [2.75, 3.05) is 12.4 Å². The summed E-state index contributed by atoms with van der Waals surface area (Å²) in [6.45, 7) is 0. The van der Waals surface area contributed by atoms with E-state index in [1.165, 1.54) is 6.42 Å². The Morgan fingerprint density at radius 2 is 1.52 bits per heavy atom. The van der Waals surface area contributed by atoms with Gasteiger partial charge in [0.15, 0.2) is 0 Å². The van der Waals surface area contributed by atoms with Crippen molar-refractivity contribution in [2.24, 2.45) is 41.4 Å². The smallest absolute Gasteiger partial charge is 0.233 e. The topological polar surface area (TPSA) is 75.7 Å². The number of nitrogens with zero attached hydrogens (tertiary/aromatic N) is 1. The van der Waals surface area contributed by atoms with Gasteiger partial charge >= 0.3 is 0 Å². The number of benzene rings is 1. The van der Waals surface area contributed by atoms with E-state index >= 15 is 0 Å². The lowest BCUT2D eigenvalue weighted by Crippen LogP contribution is -2.44. The molecule has 4 fully saturated rings. The Morgan fingerprint density at radius 1 is 0.935 bits per heavy atom. The van der Waals surface area contributed by atoms with E-state index in [2.05, 4.69) is 17.5 Å². The number of rotatable bonds is 4. The number of hydrogen-bond donors (Lipinski definition) is 1. The zero-order valence-electron chi connectivity index (χ0n) is 17.7. The molecule has 0 radical (unpaired) electrons. The highest BCUT2D eigenvalue weighted by Crippen LogP contribution is 2.65. The lowest BCUT2D eigenvalue weighted by Gasteiger charge is -2.37. The molecule has 3 saturated carbocycles. The minimum Gasteiger partial charge on any atom is -0.497 e. The summed E-state index contributed by atoms with van der Waals surface area (Å²) in [6, 6.07) is 7.26. The van der Waals surface area contributed by atoms with Gasteiger partial charge in [0, 0.05) is 17.6 Å². The molecule has 5 aliphatic carbocycles. The lowest BCUT2D eigenvalue weighted by molar-refractivity contribution is -0.144. The van der Waals surface area contributed by atoms with Gasteiger partial charge in [-0.3, -0.25) is 19.3 Å². The van der Waals surface area contributed by atoms with Gasteiger partial charge in [-0.15, -0.1) is 0 Å². The van der Waals surface area contributed by atoms with Gasteiger partial charge in [-0.2, -0.15) is 0 Å². The molecule has 1 saturated heterocycles. The van der Waals surface area contributed by atoms with Crippen LogP contribution in [-0.2, 0) is 14.4 Å². The van der Waals surface area contributed by atoms with E-state index in [9.17, 15) is 14.4 Å². The predicted molar refractivity (Wildman–Crippen MR) is 114 cm³/mol. The van der Waals surface area contributed by atoms with Crippen LogP contribution in [0, 0.1) is 41.4 Å². The predicted octanol–water partition coefficient (Wildman–Crippen LogP) is 3.25. The molecule has 1 aromatic rings. The first-order chi connectivity index (χ1) is 15.1. The van der Waals surface area contributed by atoms with E-state index in [1.807, 2.05) is 24.3 Å². The van der Waals surface area contributed by atoms with Gasteiger partial charge in [-0.1, -0.05) is 12.2 Å². The van der Waals surface area contributed by atoms with E-state index in [4.69, 9.17) is 4.74 Å². The Hall–Kier alpha value is -2.63. The second kappa shape index (κ2) is 6.94. The molecule has 1 heterocycles. The molecule has 3 amide bonds. The number of carbonyl (C=O) groups excluding carboxylic acids is 3. The van der Waals surface area contributed by atoms with Crippen LogP contribution < -0.4 is 10.1 Å². The first kappa shape index (κ1) is 19.1. The molecule has 162 valence electrons. The summed E-state index contributed by atoms with van der Waals surface area (Å²) >= 11 is 0. The standard InChI is InChI=1S/C25H28N2O4/c1-31-16-8-4-14(5-9-16)26-23(28)13-2-6-15(7-3-13)27-24(29)21-17-10-11-18(20-12-19(17)20)22(21)25(27)30/h4-5,8-11,13,15,17-22H,2-3,6-7,12H2,1H3,(H,26,28)/t13?,15?,17-,18-,19-,20+,21-,22+/m0/s1. The molecule has 6 atom stereocenters. The zero-order valence-corrected chi connectivity index (χ0v) is 17.7. The molecule has 1 aliphatic heterocycles. The second-order valence-electron chi connectivity index (χ2n) is 9.92. The van der Waals surface area contributed by atoms with Gasteiger partial charge in [0.25, 0.3) is 0 Å².